The number of carbonyl (C=O) groups excluding carboxylic acids is 2. The average molecular weight is 208 g/mol. The fourth-order valence-electron chi connectivity index (χ4n) is 2.82. The second-order valence-corrected chi connectivity index (χ2v) is 4.92. The van der Waals surface area contributed by atoms with Gasteiger partial charge in [-0.3, -0.25) is 9.59 Å². The molecule has 82 valence electrons. The van der Waals surface area contributed by atoms with Crippen LogP contribution in [0.25, 0.3) is 0 Å². The molecular weight excluding hydrogens is 192 g/mol. The van der Waals surface area contributed by atoms with E-state index in [1.54, 1.807) is 6.92 Å². The molecule has 0 aromatic carbocycles. The van der Waals surface area contributed by atoms with Gasteiger partial charge in [-0.15, -0.1) is 0 Å². The number of ether oxygens (including phenoxy) is 1. The summed E-state index contributed by atoms with van der Waals surface area (Å²) in [5.41, 5.74) is -1.37. The van der Waals surface area contributed by atoms with Crippen LogP contribution in [0.3, 0.4) is 0 Å². The molecule has 0 radical (unpaired) electrons. The number of Topliss-reactive ketones (excluding diaryl/α,β-unsaturated/α-hetero) is 1. The van der Waals surface area contributed by atoms with E-state index in [0.29, 0.717) is 12.2 Å². The van der Waals surface area contributed by atoms with Crippen LogP contribution < -0.4 is 0 Å². The zero-order valence-corrected chi connectivity index (χ0v) is 9.42. The number of carbonyl (C=O) groups is 2. The van der Waals surface area contributed by atoms with E-state index < -0.39 is 10.8 Å². The number of fused-ring (bicyclic) bond motifs is 2. The molecule has 2 aliphatic rings. The molecule has 1 fully saturated rings. The zero-order chi connectivity index (χ0) is 11.3. The second-order valence-electron chi connectivity index (χ2n) is 4.92. The van der Waals surface area contributed by atoms with Crippen molar-refractivity contribution in [1.29, 1.82) is 0 Å². The molecule has 0 aliphatic heterocycles. The Balaban J connectivity index is 2.59. The lowest BCUT2D eigenvalue weighted by Gasteiger charge is -2.45. The van der Waals surface area contributed by atoms with E-state index in [-0.39, 0.29) is 11.6 Å². The molecule has 15 heavy (non-hydrogen) atoms. The molecule has 2 atom stereocenters. The van der Waals surface area contributed by atoms with E-state index in [1.165, 1.54) is 13.2 Å². The Bertz CT molecular complexity index is 369. The Morgan fingerprint density at radius 3 is 2.40 bits per heavy atom. The molecule has 2 bridgehead atoms. The predicted octanol–water partition coefficient (Wildman–Crippen LogP) is 1.86. The van der Waals surface area contributed by atoms with Gasteiger partial charge in [-0.05, 0) is 26.7 Å². The van der Waals surface area contributed by atoms with E-state index in [4.69, 9.17) is 4.74 Å². The standard InChI is InChI=1S/C12H16O3/c1-11-5-4-6-12(2,10(11)14)9(15-3)7-8(11)13/h7H,4-6H2,1-3H3/t11-,12+/m0/s1. The summed E-state index contributed by atoms with van der Waals surface area (Å²) in [6.45, 7) is 3.65. The number of allylic oxidation sites excluding steroid dienone is 2. The first-order valence-corrected chi connectivity index (χ1v) is 5.31. The maximum absolute atomic E-state index is 12.3. The summed E-state index contributed by atoms with van der Waals surface area (Å²) < 4.78 is 5.19. The van der Waals surface area contributed by atoms with E-state index in [2.05, 4.69) is 0 Å². The third kappa shape index (κ3) is 1.12. The van der Waals surface area contributed by atoms with Gasteiger partial charge < -0.3 is 4.74 Å². The van der Waals surface area contributed by atoms with Crippen molar-refractivity contribution in [3.05, 3.63) is 11.8 Å². The highest BCUT2D eigenvalue weighted by atomic mass is 16.5. The number of methoxy groups -OCH3 is 1. The summed E-state index contributed by atoms with van der Waals surface area (Å²) in [4.78, 5) is 24.2. The quantitative estimate of drug-likeness (QED) is 0.618. The predicted molar refractivity (Wildman–Crippen MR) is 55.2 cm³/mol. The Morgan fingerprint density at radius 2 is 1.80 bits per heavy atom. The number of hydrogen-bond acceptors (Lipinski definition) is 3. The van der Waals surface area contributed by atoms with E-state index >= 15 is 0 Å². The Kier molecular flexibility index (Phi) is 2.04. The number of hydrogen-bond donors (Lipinski definition) is 0. The first kappa shape index (κ1) is 10.4. The molecule has 2 rings (SSSR count). The molecule has 0 spiro atoms. The fraction of sp³-hybridized carbons (Fsp3) is 0.667. The van der Waals surface area contributed by atoms with Crippen molar-refractivity contribution in [2.24, 2.45) is 10.8 Å². The lowest BCUT2D eigenvalue weighted by Crippen LogP contribution is -2.52. The monoisotopic (exact) mass is 208 g/mol. The summed E-state index contributed by atoms with van der Waals surface area (Å²) in [5.74, 6) is 0.474. The smallest absolute Gasteiger partial charge is 0.172 e. The molecule has 0 aromatic rings. The van der Waals surface area contributed by atoms with Crippen LogP contribution in [0.5, 0.6) is 0 Å². The summed E-state index contributed by atoms with van der Waals surface area (Å²) in [7, 11) is 1.52. The van der Waals surface area contributed by atoms with Gasteiger partial charge in [0.1, 0.15) is 5.76 Å². The summed E-state index contributed by atoms with van der Waals surface area (Å²) in [6, 6.07) is 0. The first-order valence-electron chi connectivity index (χ1n) is 5.31. The van der Waals surface area contributed by atoms with E-state index in [9.17, 15) is 9.59 Å². The first-order chi connectivity index (χ1) is 6.95. The second kappa shape index (κ2) is 2.94. The Labute approximate surface area is 89.5 Å². The van der Waals surface area contributed by atoms with Crippen molar-refractivity contribution in [2.45, 2.75) is 33.1 Å². The van der Waals surface area contributed by atoms with Crippen molar-refractivity contribution in [1.82, 2.24) is 0 Å². The molecule has 0 saturated heterocycles. The lowest BCUT2D eigenvalue weighted by atomic mass is 9.57. The van der Waals surface area contributed by atoms with Crippen molar-refractivity contribution in [3.63, 3.8) is 0 Å². The number of ketones is 2. The number of rotatable bonds is 1. The van der Waals surface area contributed by atoms with Crippen LogP contribution in [0.4, 0.5) is 0 Å². The maximum atomic E-state index is 12.3. The minimum atomic E-state index is -0.797. The fourth-order valence-corrected chi connectivity index (χ4v) is 2.82. The Hall–Kier alpha value is -1.12. The zero-order valence-electron chi connectivity index (χ0n) is 9.42. The van der Waals surface area contributed by atoms with Gasteiger partial charge in [0.2, 0.25) is 0 Å². The molecule has 0 N–H and O–H groups in total. The molecule has 2 aliphatic carbocycles. The van der Waals surface area contributed by atoms with Crippen LogP contribution in [-0.2, 0) is 14.3 Å². The van der Waals surface area contributed by atoms with Crippen LogP contribution in [0.15, 0.2) is 11.8 Å². The summed E-state index contributed by atoms with van der Waals surface area (Å²) >= 11 is 0. The van der Waals surface area contributed by atoms with Gasteiger partial charge in [0, 0.05) is 6.08 Å². The van der Waals surface area contributed by atoms with Gasteiger partial charge in [-0.25, -0.2) is 0 Å². The highest BCUT2D eigenvalue weighted by molar-refractivity contribution is 6.17. The van der Waals surface area contributed by atoms with Gasteiger partial charge in [0.25, 0.3) is 0 Å². The van der Waals surface area contributed by atoms with E-state index in [1.807, 2.05) is 6.92 Å². The largest absolute Gasteiger partial charge is 0.500 e. The summed E-state index contributed by atoms with van der Waals surface area (Å²) in [5, 5.41) is 0. The molecule has 0 unspecified atom stereocenters. The van der Waals surface area contributed by atoms with E-state index in [0.717, 1.165) is 12.8 Å². The molecule has 0 aromatic heterocycles. The maximum Gasteiger partial charge on any atom is 0.172 e. The van der Waals surface area contributed by atoms with Crippen LogP contribution in [0, 0.1) is 10.8 Å². The SMILES string of the molecule is COC1=CC(=O)[C@]2(C)CCC[C@@]1(C)C2=O. The molecule has 3 nitrogen and oxygen atoms in total. The van der Waals surface area contributed by atoms with Crippen LogP contribution in [-0.4, -0.2) is 18.7 Å². The molecular formula is C12H16O3. The van der Waals surface area contributed by atoms with Crippen LogP contribution >= 0.6 is 0 Å². The van der Waals surface area contributed by atoms with Crippen molar-refractivity contribution in [2.75, 3.05) is 7.11 Å². The highest BCUT2D eigenvalue weighted by Gasteiger charge is 2.57. The van der Waals surface area contributed by atoms with Crippen LogP contribution in [0.2, 0.25) is 0 Å². The van der Waals surface area contributed by atoms with Gasteiger partial charge in [0.05, 0.1) is 17.9 Å². The molecule has 1 saturated carbocycles. The summed E-state index contributed by atoms with van der Waals surface area (Å²) in [6.07, 6.45) is 3.88. The van der Waals surface area contributed by atoms with Crippen molar-refractivity contribution in [3.8, 4) is 0 Å². The van der Waals surface area contributed by atoms with Crippen molar-refractivity contribution < 1.29 is 14.3 Å². The minimum Gasteiger partial charge on any atom is -0.500 e. The molecule has 3 heteroatoms. The van der Waals surface area contributed by atoms with Gasteiger partial charge in [-0.2, -0.15) is 0 Å². The average Bonchev–Trinajstić information content (AvgIpc) is 2.20. The molecule has 0 amide bonds. The van der Waals surface area contributed by atoms with Gasteiger partial charge in [0.15, 0.2) is 11.6 Å². The minimum absolute atomic E-state index is 0.0330. The van der Waals surface area contributed by atoms with Crippen molar-refractivity contribution >= 4 is 11.6 Å². The third-order valence-electron chi connectivity index (χ3n) is 3.93. The molecule has 0 heterocycles. The van der Waals surface area contributed by atoms with Gasteiger partial charge in [-0.1, -0.05) is 6.42 Å². The lowest BCUT2D eigenvalue weighted by molar-refractivity contribution is -0.150. The van der Waals surface area contributed by atoms with Crippen LogP contribution in [0.1, 0.15) is 33.1 Å². The topological polar surface area (TPSA) is 43.4 Å². The highest BCUT2D eigenvalue weighted by Crippen LogP contribution is 2.51. The van der Waals surface area contributed by atoms with Gasteiger partial charge >= 0.3 is 0 Å². The Morgan fingerprint density at radius 1 is 1.20 bits per heavy atom. The normalized spacial score (nSPS) is 40.1. The third-order valence-corrected chi connectivity index (χ3v) is 3.93.